The van der Waals surface area contributed by atoms with Gasteiger partial charge in [-0.15, -0.1) is 0 Å². The van der Waals surface area contributed by atoms with E-state index >= 15 is 0 Å². The van der Waals surface area contributed by atoms with Crippen LogP contribution in [-0.4, -0.2) is 47.0 Å². The standard InChI is InChI=1S/C18H21N5O3/c1-23(11-14-10-19-7-8-20-14)18(25)22-15-9-12(3-6-16(15)26-2)17(24)21-13-4-5-13/h3,6-10,13H,4-5,11H2,1-2H3,(H,21,24)(H,22,25). The van der Waals surface area contributed by atoms with Gasteiger partial charge in [0.25, 0.3) is 5.91 Å². The van der Waals surface area contributed by atoms with Crippen molar-refractivity contribution in [1.29, 1.82) is 0 Å². The molecule has 0 radical (unpaired) electrons. The molecule has 1 fully saturated rings. The number of methoxy groups -OCH3 is 1. The van der Waals surface area contributed by atoms with E-state index in [0.29, 0.717) is 29.2 Å². The molecule has 3 rings (SSSR count). The minimum atomic E-state index is -0.339. The number of anilines is 1. The largest absolute Gasteiger partial charge is 0.495 e. The van der Waals surface area contributed by atoms with Crippen molar-refractivity contribution < 1.29 is 14.3 Å². The van der Waals surface area contributed by atoms with Crippen molar-refractivity contribution in [2.75, 3.05) is 19.5 Å². The Morgan fingerprint density at radius 1 is 1.31 bits per heavy atom. The van der Waals surface area contributed by atoms with Crippen LogP contribution in [0, 0.1) is 0 Å². The van der Waals surface area contributed by atoms with Crippen molar-refractivity contribution in [3.8, 4) is 5.75 Å². The van der Waals surface area contributed by atoms with Crippen LogP contribution in [0.1, 0.15) is 28.9 Å². The minimum absolute atomic E-state index is 0.154. The number of carbonyl (C=O) groups excluding carboxylic acids is 2. The van der Waals surface area contributed by atoms with Crippen molar-refractivity contribution in [3.63, 3.8) is 0 Å². The maximum Gasteiger partial charge on any atom is 0.322 e. The van der Waals surface area contributed by atoms with Gasteiger partial charge < -0.3 is 20.3 Å². The number of nitrogens with zero attached hydrogens (tertiary/aromatic N) is 3. The fraction of sp³-hybridized carbons (Fsp3) is 0.333. The van der Waals surface area contributed by atoms with Crippen LogP contribution in [0.25, 0.3) is 0 Å². The first kappa shape index (κ1) is 17.7. The molecule has 136 valence electrons. The van der Waals surface area contributed by atoms with Gasteiger partial charge in [0, 0.05) is 31.0 Å². The van der Waals surface area contributed by atoms with Gasteiger partial charge >= 0.3 is 6.03 Å². The van der Waals surface area contributed by atoms with Crippen LogP contribution in [0.3, 0.4) is 0 Å². The number of hydrogen-bond donors (Lipinski definition) is 2. The predicted octanol–water partition coefficient (Wildman–Crippen LogP) is 2.04. The molecular weight excluding hydrogens is 334 g/mol. The van der Waals surface area contributed by atoms with Crippen LogP contribution < -0.4 is 15.4 Å². The molecule has 1 aliphatic rings. The van der Waals surface area contributed by atoms with Gasteiger partial charge in [-0.2, -0.15) is 0 Å². The predicted molar refractivity (Wildman–Crippen MR) is 96.0 cm³/mol. The maximum atomic E-state index is 12.5. The first-order valence-corrected chi connectivity index (χ1v) is 8.32. The number of nitrogens with one attached hydrogen (secondary N) is 2. The van der Waals surface area contributed by atoms with E-state index in [1.165, 1.54) is 12.0 Å². The lowest BCUT2D eigenvalue weighted by Gasteiger charge is -2.19. The van der Waals surface area contributed by atoms with Crippen molar-refractivity contribution >= 4 is 17.6 Å². The van der Waals surface area contributed by atoms with Gasteiger partial charge in [0.15, 0.2) is 0 Å². The minimum Gasteiger partial charge on any atom is -0.495 e. The van der Waals surface area contributed by atoms with Crippen LogP contribution >= 0.6 is 0 Å². The summed E-state index contributed by atoms with van der Waals surface area (Å²) in [5.74, 6) is 0.327. The molecule has 0 aliphatic heterocycles. The molecule has 2 N–H and O–H groups in total. The molecule has 1 heterocycles. The molecular formula is C18H21N5O3. The summed E-state index contributed by atoms with van der Waals surface area (Å²) in [6, 6.07) is 4.88. The van der Waals surface area contributed by atoms with Crippen molar-refractivity contribution in [2.24, 2.45) is 0 Å². The third-order valence-corrected chi connectivity index (χ3v) is 3.98. The highest BCUT2D eigenvalue weighted by Gasteiger charge is 2.24. The van der Waals surface area contributed by atoms with Gasteiger partial charge in [-0.05, 0) is 31.0 Å². The second-order valence-corrected chi connectivity index (χ2v) is 6.15. The van der Waals surface area contributed by atoms with Crippen molar-refractivity contribution in [1.82, 2.24) is 20.2 Å². The number of hydrogen-bond acceptors (Lipinski definition) is 5. The zero-order valence-corrected chi connectivity index (χ0v) is 14.7. The summed E-state index contributed by atoms with van der Waals surface area (Å²) in [5, 5.41) is 5.71. The average Bonchev–Trinajstić information content (AvgIpc) is 3.46. The smallest absolute Gasteiger partial charge is 0.322 e. The van der Waals surface area contributed by atoms with Gasteiger partial charge in [-0.25, -0.2) is 4.79 Å². The van der Waals surface area contributed by atoms with Crippen LogP contribution in [0.5, 0.6) is 5.75 Å². The second kappa shape index (κ2) is 7.81. The summed E-state index contributed by atoms with van der Waals surface area (Å²) < 4.78 is 5.29. The Morgan fingerprint density at radius 3 is 2.77 bits per heavy atom. The summed E-state index contributed by atoms with van der Waals surface area (Å²) in [6.45, 7) is 0.309. The molecule has 1 saturated carbocycles. The molecule has 1 aromatic carbocycles. The maximum absolute atomic E-state index is 12.5. The molecule has 0 atom stereocenters. The van der Waals surface area contributed by atoms with Gasteiger partial charge in [0.2, 0.25) is 0 Å². The summed E-state index contributed by atoms with van der Waals surface area (Å²) in [4.78, 5) is 34.3. The van der Waals surface area contributed by atoms with E-state index in [1.54, 1.807) is 43.8 Å². The van der Waals surface area contributed by atoms with Gasteiger partial charge in [-0.1, -0.05) is 0 Å². The van der Waals surface area contributed by atoms with E-state index in [2.05, 4.69) is 20.6 Å². The van der Waals surface area contributed by atoms with Gasteiger partial charge in [-0.3, -0.25) is 14.8 Å². The molecule has 1 aromatic heterocycles. The molecule has 2 aromatic rings. The molecule has 1 aliphatic carbocycles. The fourth-order valence-corrected chi connectivity index (χ4v) is 2.38. The normalized spacial score (nSPS) is 13.0. The second-order valence-electron chi connectivity index (χ2n) is 6.15. The zero-order valence-electron chi connectivity index (χ0n) is 14.7. The Morgan fingerprint density at radius 2 is 2.12 bits per heavy atom. The third-order valence-electron chi connectivity index (χ3n) is 3.98. The SMILES string of the molecule is COc1ccc(C(=O)NC2CC2)cc1NC(=O)N(C)Cc1cnccn1. The molecule has 0 unspecified atom stereocenters. The van der Waals surface area contributed by atoms with E-state index in [-0.39, 0.29) is 18.0 Å². The lowest BCUT2D eigenvalue weighted by atomic mass is 10.1. The molecule has 26 heavy (non-hydrogen) atoms. The zero-order chi connectivity index (χ0) is 18.5. The topological polar surface area (TPSA) is 96.5 Å². The summed E-state index contributed by atoms with van der Waals surface area (Å²) in [6.07, 6.45) is 6.78. The first-order valence-electron chi connectivity index (χ1n) is 8.32. The number of carbonyl (C=O) groups is 2. The van der Waals surface area contributed by atoms with Crippen molar-refractivity contribution in [3.05, 3.63) is 48.0 Å². The van der Waals surface area contributed by atoms with Crippen molar-refractivity contribution in [2.45, 2.75) is 25.4 Å². The summed E-state index contributed by atoms with van der Waals surface area (Å²) in [5.41, 5.74) is 1.59. The average molecular weight is 355 g/mol. The molecule has 0 saturated heterocycles. The highest BCUT2D eigenvalue weighted by Crippen LogP contribution is 2.27. The lowest BCUT2D eigenvalue weighted by molar-refractivity contribution is 0.0951. The first-order chi connectivity index (χ1) is 12.6. The number of aromatic nitrogens is 2. The highest BCUT2D eigenvalue weighted by molar-refractivity contribution is 5.98. The molecule has 0 bridgehead atoms. The van der Waals surface area contributed by atoms with E-state index in [0.717, 1.165) is 12.8 Å². The Labute approximate surface area is 151 Å². The van der Waals surface area contributed by atoms with Crippen LogP contribution in [0.4, 0.5) is 10.5 Å². The molecule has 8 nitrogen and oxygen atoms in total. The van der Waals surface area contributed by atoms with E-state index in [1.807, 2.05) is 0 Å². The Hall–Kier alpha value is -3.16. The number of amides is 3. The number of benzene rings is 1. The van der Waals surface area contributed by atoms with Crippen LogP contribution in [0.15, 0.2) is 36.8 Å². The highest BCUT2D eigenvalue weighted by atomic mass is 16.5. The summed E-state index contributed by atoms with van der Waals surface area (Å²) >= 11 is 0. The monoisotopic (exact) mass is 355 g/mol. The summed E-state index contributed by atoms with van der Waals surface area (Å²) in [7, 11) is 3.17. The Bertz CT molecular complexity index is 793. The quantitative estimate of drug-likeness (QED) is 0.827. The lowest BCUT2D eigenvalue weighted by Crippen LogP contribution is -2.31. The van der Waals surface area contributed by atoms with Crippen LogP contribution in [0.2, 0.25) is 0 Å². The number of ether oxygens (including phenoxy) is 1. The van der Waals surface area contributed by atoms with E-state index in [9.17, 15) is 9.59 Å². The molecule has 0 spiro atoms. The number of urea groups is 1. The van der Waals surface area contributed by atoms with E-state index in [4.69, 9.17) is 4.74 Å². The molecule has 8 heteroatoms. The van der Waals surface area contributed by atoms with Gasteiger partial charge in [0.1, 0.15) is 5.75 Å². The number of rotatable bonds is 6. The van der Waals surface area contributed by atoms with Gasteiger partial charge in [0.05, 0.1) is 31.2 Å². The fourth-order valence-electron chi connectivity index (χ4n) is 2.38. The van der Waals surface area contributed by atoms with Crippen LogP contribution in [-0.2, 0) is 6.54 Å². The molecule has 3 amide bonds. The van der Waals surface area contributed by atoms with E-state index < -0.39 is 0 Å². The third kappa shape index (κ3) is 4.47. The Kier molecular flexibility index (Phi) is 5.31. The Balaban J connectivity index is 1.70.